The molecule has 0 aromatic carbocycles. The van der Waals surface area contributed by atoms with Crippen molar-refractivity contribution in [2.75, 3.05) is 13.2 Å². The van der Waals surface area contributed by atoms with Gasteiger partial charge in [0.2, 0.25) is 10.0 Å². The van der Waals surface area contributed by atoms with Crippen LogP contribution in [0.4, 0.5) is 4.39 Å². The summed E-state index contributed by atoms with van der Waals surface area (Å²) in [7, 11) is -3.58. The third-order valence-electron chi connectivity index (χ3n) is 3.39. The van der Waals surface area contributed by atoms with Gasteiger partial charge in [-0.25, -0.2) is 18.1 Å². The van der Waals surface area contributed by atoms with E-state index in [-0.39, 0.29) is 17.9 Å². The molecular weight excluding hydrogens is 281 g/mol. The summed E-state index contributed by atoms with van der Waals surface area (Å²) in [5.41, 5.74) is 0.764. The zero-order valence-electron chi connectivity index (χ0n) is 10.9. The molecule has 1 fully saturated rings. The second-order valence-corrected chi connectivity index (χ2v) is 6.76. The molecule has 108 valence electrons. The molecule has 1 aliphatic carbocycles. The monoisotopic (exact) mass is 297 g/mol. The van der Waals surface area contributed by atoms with Crippen molar-refractivity contribution in [2.24, 2.45) is 0 Å². The predicted molar refractivity (Wildman–Crippen MR) is 72.9 cm³/mol. The molecule has 2 aromatic heterocycles. The molecule has 0 amide bonds. The van der Waals surface area contributed by atoms with Gasteiger partial charge in [-0.15, -0.1) is 0 Å². The maximum Gasteiger partial charge on any atom is 0.240 e. The van der Waals surface area contributed by atoms with Crippen LogP contribution in [-0.4, -0.2) is 31.0 Å². The van der Waals surface area contributed by atoms with E-state index < -0.39 is 16.7 Å². The van der Waals surface area contributed by atoms with E-state index in [4.69, 9.17) is 0 Å². The molecule has 1 N–H and O–H groups in total. The zero-order valence-corrected chi connectivity index (χ0v) is 11.7. The maximum atomic E-state index is 12.0. The first kappa shape index (κ1) is 13.5. The minimum Gasteiger partial charge on any atom is -0.303 e. The average molecular weight is 297 g/mol. The maximum absolute atomic E-state index is 12.0. The van der Waals surface area contributed by atoms with E-state index in [1.165, 1.54) is 0 Å². The standard InChI is InChI=1S/C13H16FN3O2S/c14-5-1-6-16-20(18,19)12-4-7-17-11(8-12)9-15-13(17)10-2-3-10/h4,7-10,16H,1-3,5-6H2. The minimum absolute atomic E-state index is 0.108. The van der Waals surface area contributed by atoms with Crippen LogP contribution in [0.15, 0.2) is 29.4 Å². The molecule has 0 unspecified atom stereocenters. The van der Waals surface area contributed by atoms with Crippen LogP contribution in [0.25, 0.3) is 5.52 Å². The molecule has 0 aliphatic heterocycles. The van der Waals surface area contributed by atoms with E-state index in [2.05, 4.69) is 9.71 Å². The summed E-state index contributed by atoms with van der Waals surface area (Å²) in [5.74, 6) is 1.50. The number of imidazole rings is 1. The third kappa shape index (κ3) is 2.55. The first-order valence-corrected chi connectivity index (χ1v) is 8.13. The fourth-order valence-corrected chi connectivity index (χ4v) is 3.26. The highest BCUT2D eigenvalue weighted by atomic mass is 32.2. The van der Waals surface area contributed by atoms with Gasteiger partial charge in [0.1, 0.15) is 5.82 Å². The number of halogens is 1. The van der Waals surface area contributed by atoms with E-state index in [1.54, 1.807) is 24.5 Å². The Morgan fingerprint density at radius 3 is 2.95 bits per heavy atom. The van der Waals surface area contributed by atoms with Crippen molar-refractivity contribution in [2.45, 2.75) is 30.1 Å². The number of rotatable bonds is 6. The van der Waals surface area contributed by atoms with Gasteiger partial charge in [0.15, 0.2) is 0 Å². The Morgan fingerprint density at radius 2 is 2.25 bits per heavy atom. The normalized spacial score (nSPS) is 15.8. The molecule has 0 spiro atoms. The van der Waals surface area contributed by atoms with Crippen LogP contribution >= 0.6 is 0 Å². The van der Waals surface area contributed by atoms with Crippen LogP contribution in [0, 0.1) is 0 Å². The van der Waals surface area contributed by atoms with Crippen molar-refractivity contribution < 1.29 is 12.8 Å². The topological polar surface area (TPSA) is 63.5 Å². The molecule has 0 bridgehead atoms. The Morgan fingerprint density at radius 1 is 1.45 bits per heavy atom. The van der Waals surface area contributed by atoms with Crippen LogP contribution in [0.1, 0.15) is 31.0 Å². The molecule has 0 saturated heterocycles. The van der Waals surface area contributed by atoms with E-state index in [9.17, 15) is 12.8 Å². The highest BCUT2D eigenvalue weighted by Gasteiger charge is 2.28. The number of sulfonamides is 1. The summed E-state index contributed by atoms with van der Waals surface area (Å²) in [6.07, 6.45) is 5.89. The minimum atomic E-state index is -3.58. The number of aromatic nitrogens is 2. The van der Waals surface area contributed by atoms with Gasteiger partial charge in [-0.05, 0) is 31.4 Å². The lowest BCUT2D eigenvalue weighted by molar-refractivity contribution is 0.470. The van der Waals surface area contributed by atoms with Gasteiger partial charge in [-0.3, -0.25) is 4.39 Å². The Kier molecular flexibility index (Phi) is 3.47. The summed E-state index contributed by atoms with van der Waals surface area (Å²) in [6, 6.07) is 3.15. The van der Waals surface area contributed by atoms with Crippen molar-refractivity contribution in [1.82, 2.24) is 14.1 Å². The number of alkyl halides is 1. The zero-order chi connectivity index (χ0) is 14.2. The first-order valence-electron chi connectivity index (χ1n) is 6.64. The van der Waals surface area contributed by atoms with Gasteiger partial charge in [0, 0.05) is 18.7 Å². The van der Waals surface area contributed by atoms with E-state index in [1.807, 2.05) is 4.40 Å². The summed E-state index contributed by atoms with van der Waals surface area (Å²) >= 11 is 0. The van der Waals surface area contributed by atoms with Crippen molar-refractivity contribution in [3.63, 3.8) is 0 Å². The molecule has 1 aliphatic rings. The quantitative estimate of drug-likeness (QED) is 0.828. The van der Waals surface area contributed by atoms with Crippen LogP contribution in [0.5, 0.6) is 0 Å². The van der Waals surface area contributed by atoms with Gasteiger partial charge in [0.05, 0.1) is 23.3 Å². The van der Waals surface area contributed by atoms with Gasteiger partial charge < -0.3 is 4.40 Å². The number of pyridine rings is 1. The highest BCUT2D eigenvalue weighted by Crippen LogP contribution is 2.39. The molecule has 2 aromatic rings. The summed E-state index contributed by atoms with van der Waals surface area (Å²) in [4.78, 5) is 4.54. The van der Waals surface area contributed by atoms with Crippen molar-refractivity contribution in [3.05, 3.63) is 30.4 Å². The van der Waals surface area contributed by atoms with Crippen LogP contribution in [0.2, 0.25) is 0 Å². The fraction of sp³-hybridized carbons (Fsp3) is 0.462. The second-order valence-electron chi connectivity index (χ2n) is 4.99. The van der Waals surface area contributed by atoms with Gasteiger partial charge in [-0.1, -0.05) is 0 Å². The Labute approximate surface area is 116 Å². The smallest absolute Gasteiger partial charge is 0.240 e. The Bertz CT molecular complexity index is 722. The molecule has 7 heteroatoms. The van der Waals surface area contributed by atoms with E-state index in [0.29, 0.717) is 5.92 Å². The lowest BCUT2D eigenvalue weighted by Crippen LogP contribution is -2.25. The lowest BCUT2D eigenvalue weighted by Gasteiger charge is -2.07. The van der Waals surface area contributed by atoms with Gasteiger partial charge in [0.25, 0.3) is 0 Å². The van der Waals surface area contributed by atoms with E-state index >= 15 is 0 Å². The first-order chi connectivity index (χ1) is 9.62. The van der Waals surface area contributed by atoms with Crippen LogP contribution in [0.3, 0.4) is 0 Å². The molecule has 0 atom stereocenters. The summed E-state index contributed by atoms with van der Waals surface area (Å²) < 4.78 is 40.4. The Hall–Kier alpha value is -1.47. The molecule has 5 nitrogen and oxygen atoms in total. The summed E-state index contributed by atoms with van der Waals surface area (Å²) in [6.45, 7) is -0.425. The molecule has 0 radical (unpaired) electrons. The van der Waals surface area contributed by atoms with E-state index in [0.717, 1.165) is 24.2 Å². The molecule has 3 rings (SSSR count). The fourth-order valence-electron chi connectivity index (χ4n) is 2.17. The molecule has 20 heavy (non-hydrogen) atoms. The molecule has 2 heterocycles. The molecular formula is C13H16FN3O2S. The number of nitrogens with one attached hydrogen (secondary N) is 1. The van der Waals surface area contributed by atoms with Gasteiger partial charge >= 0.3 is 0 Å². The third-order valence-corrected chi connectivity index (χ3v) is 4.85. The Balaban J connectivity index is 1.89. The SMILES string of the molecule is O=S(=O)(NCCCF)c1ccn2c(C3CC3)ncc2c1. The van der Waals surface area contributed by atoms with Crippen molar-refractivity contribution in [3.8, 4) is 0 Å². The second kappa shape index (κ2) is 5.14. The number of hydrogen-bond acceptors (Lipinski definition) is 3. The largest absolute Gasteiger partial charge is 0.303 e. The van der Waals surface area contributed by atoms with Crippen LogP contribution < -0.4 is 4.72 Å². The number of fused-ring (bicyclic) bond motifs is 1. The molecule has 1 saturated carbocycles. The number of hydrogen-bond donors (Lipinski definition) is 1. The average Bonchev–Trinajstić information content (AvgIpc) is 3.18. The van der Waals surface area contributed by atoms with Crippen molar-refractivity contribution in [1.29, 1.82) is 0 Å². The van der Waals surface area contributed by atoms with Crippen molar-refractivity contribution >= 4 is 15.5 Å². The van der Waals surface area contributed by atoms with Gasteiger partial charge in [-0.2, -0.15) is 0 Å². The highest BCUT2D eigenvalue weighted by molar-refractivity contribution is 7.89. The van der Waals surface area contributed by atoms with Crippen LogP contribution in [-0.2, 0) is 10.0 Å². The predicted octanol–water partition coefficient (Wildman–Crippen LogP) is 1.85. The lowest BCUT2D eigenvalue weighted by atomic mass is 10.4. The number of nitrogens with zero attached hydrogens (tertiary/aromatic N) is 2. The summed E-state index contributed by atoms with van der Waals surface area (Å²) in [5, 5.41) is 0.